The summed E-state index contributed by atoms with van der Waals surface area (Å²) in [6, 6.07) is 6.47. The van der Waals surface area contributed by atoms with E-state index in [0.29, 0.717) is 11.8 Å². The van der Waals surface area contributed by atoms with Crippen LogP contribution in [0.4, 0.5) is 0 Å². The lowest BCUT2D eigenvalue weighted by Crippen LogP contribution is -2.60. The second kappa shape index (κ2) is 17.1. The fraction of sp³-hybridized carbons (Fsp3) is 0.667. The predicted molar refractivity (Wildman–Crippen MR) is 181 cm³/mol. The number of benzene rings is 1. The first kappa shape index (κ1) is 37.2. The quantitative estimate of drug-likeness (QED) is 0.224. The molecule has 3 aliphatic heterocycles. The molecule has 1 spiro atoms. The summed E-state index contributed by atoms with van der Waals surface area (Å²) in [4.78, 5) is 12.1. The van der Waals surface area contributed by atoms with Gasteiger partial charge in [-0.2, -0.15) is 0 Å². The van der Waals surface area contributed by atoms with Gasteiger partial charge in [-0.1, -0.05) is 44.2 Å². The van der Waals surface area contributed by atoms with Crippen LogP contribution < -0.4 is 10.1 Å². The molecule has 5 rings (SSSR count). The van der Waals surface area contributed by atoms with Gasteiger partial charge in [0.05, 0.1) is 6.61 Å². The van der Waals surface area contributed by atoms with E-state index in [1.165, 1.54) is 58.2 Å². The van der Waals surface area contributed by atoms with Crippen molar-refractivity contribution in [3.05, 3.63) is 52.2 Å². The number of hydrogen-bond donors (Lipinski definition) is 6. The molecule has 6 N–H and O–H groups in total. The molecule has 4 heterocycles. The number of hydrogen-bond acceptors (Lipinski definition) is 10. The number of Topliss-reactive ketones (excluding diaryl/α,β-unsaturated/α-hetero) is 1. The molecule has 0 unspecified atom stereocenters. The molecule has 0 radical (unpaired) electrons. The number of ether oxygens (including phenoxy) is 2. The van der Waals surface area contributed by atoms with E-state index in [4.69, 9.17) is 9.47 Å². The average molecular weight is 657 g/mol. The number of aliphatic hydroxyl groups is 4. The molecule has 0 amide bonds. The summed E-state index contributed by atoms with van der Waals surface area (Å²) in [6.45, 7) is 14.6. The molecular formula is C36H56N4O7. The van der Waals surface area contributed by atoms with Gasteiger partial charge in [-0.25, -0.2) is 0 Å². The fourth-order valence-electron chi connectivity index (χ4n) is 6.94. The van der Waals surface area contributed by atoms with Crippen LogP contribution in [0.3, 0.4) is 0 Å². The van der Waals surface area contributed by atoms with Crippen molar-refractivity contribution in [1.82, 2.24) is 20.4 Å². The van der Waals surface area contributed by atoms with Crippen LogP contribution in [0.5, 0.6) is 5.88 Å². The minimum atomic E-state index is -1.52. The molecule has 0 saturated carbocycles. The third-order valence-corrected chi connectivity index (χ3v) is 9.58. The smallest absolute Gasteiger partial charge is 0.238 e. The maximum absolute atomic E-state index is 10.5. The summed E-state index contributed by atoms with van der Waals surface area (Å²) < 4.78 is 11.5. The second-order valence-corrected chi connectivity index (χ2v) is 14.0. The van der Waals surface area contributed by atoms with Crippen molar-refractivity contribution < 1.29 is 34.7 Å². The molecule has 11 nitrogen and oxygen atoms in total. The summed E-state index contributed by atoms with van der Waals surface area (Å²) >= 11 is 0. The number of piperidine rings is 2. The Morgan fingerprint density at radius 3 is 2.53 bits per heavy atom. The van der Waals surface area contributed by atoms with Crippen LogP contribution in [0.2, 0.25) is 0 Å². The lowest BCUT2D eigenvalue weighted by molar-refractivity contribution is -0.278. The standard InChI is InChI=1S/C33H50N4O6.C3H6O/c1-21(2)27-25(31(36-35-27)43-32-30(41)29(40)28(39)26(19-38)42-32)18-24-9-8-23(17-22(24)3)7-4-5-15-37-16-6-10-33(20-37)11-13-34-14-12-33;1-3(2)4/h4,7-9,17,21,26,28-30,32,34,38-41H,5-6,10-16,18-20H2,1-3H3,(H,35,36);1-2H3/b7-4+;/t26-,28-,29+,30-,32+;/m1./s1. The number of nitrogens with zero attached hydrogens (tertiary/aromatic N) is 2. The highest BCUT2D eigenvalue weighted by Crippen LogP contribution is 2.38. The zero-order valence-corrected chi connectivity index (χ0v) is 28.7. The van der Waals surface area contributed by atoms with Gasteiger partial charge in [-0.15, -0.1) is 5.10 Å². The Morgan fingerprint density at radius 2 is 1.87 bits per heavy atom. The monoisotopic (exact) mass is 656 g/mol. The van der Waals surface area contributed by atoms with Crippen LogP contribution in [-0.2, 0) is 16.0 Å². The van der Waals surface area contributed by atoms with E-state index in [1.54, 1.807) is 0 Å². The third-order valence-electron chi connectivity index (χ3n) is 9.58. The molecule has 262 valence electrons. The molecule has 47 heavy (non-hydrogen) atoms. The van der Waals surface area contributed by atoms with Crippen LogP contribution in [0.1, 0.15) is 93.7 Å². The van der Waals surface area contributed by atoms with Crippen molar-refractivity contribution in [2.24, 2.45) is 5.41 Å². The summed E-state index contributed by atoms with van der Waals surface area (Å²) in [5, 5.41) is 51.3. The average Bonchev–Trinajstić information content (AvgIpc) is 3.43. The van der Waals surface area contributed by atoms with Crippen molar-refractivity contribution in [1.29, 1.82) is 0 Å². The summed E-state index contributed by atoms with van der Waals surface area (Å²) in [7, 11) is 0. The molecule has 1 aromatic carbocycles. The van der Waals surface area contributed by atoms with E-state index < -0.39 is 37.3 Å². The van der Waals surface area contributed by atoms with E-state index in [1.807, 2.05) is 0 Å². The Bertz CT molecular complexity index is 1310. The van der Waals surface area contributed by atoms with Gasteiger partial charge in [0.1, 0.15) is 30.2 Å². The van der Waals surface area contributed by atoms with Crippen molar-refractivity contribution in [3.8, 4) is 5.88 Å². The van der Waals surface area contributed by atoms with Crippen LogP contribution in [0.15, 0.2) is 24.3 Å². The minimum Gasteiger partial charge on any atom is -0.443 e. The molecule has 0 bridgehead atoms. The largest absolute Gasteiger partial charge is 0.443 e. The highest BCUT2D eigenvalue weighted by molar-refractivity contribution is 5.72. The lowest BCUT2D eigenvalue weighted by atomic mass is 9.73. The summed E-state index contributed by atoms with van der Waals surface area (Å²) in [5.74, 6) is 0.571. The molecule has 0 aliphatic carbocycles. The zero-order valence-electron chi connectivity index (χ0n) is 28.7. The molecule has 3 fully saturated rings. The number of carbonyl (C=O) groups excluding carboxylic acids is 1. The molecule has 11 heteroatoms. The lowest BCUT2D eigenvalue weighted by Gasteiger charge is -2.45. The van der Waals surface area contributed by atoms with E-state index in [0.717, 1.165) is 48.4 Å². The van der Waals surface area contributed by atoms with Gasteiger partial charge in [0.25, 0.3) is 0 Å². The first-order valence-corrected chi connectivity index (χ1v) is 17.1. The van der Waals surface area contributed by atoms with Gasteiger partial charge in [0.15, 0.2) is 0 Å². The van der Waals surface area contributed by atoms with E-state index in [2.05, 4.69) is 71.5 Å². The third kappa shape index (κ3) is 9.95. The summed E-state index contributed by atoms with van der Waals surface area (Å²) in [5.41, 5.74) is 5.73. The fourth-order valence-corrected chi connectivity index (χ4v) is 6.94. The number of H-pyrrole nitrogens is 1. The van der Waals surface area contributed by atoms with Gasteiger partial charge >= 0.3 is 0 Å². The topological polar surface area (TPSA) is 160 Å². The molecule has 3 aliphatic rings. The molecule has 5 atom stereocenters. The highest BCUT2D eigenvalue weighted by atomic mass is 16.7. The number of aliphatic hydroxyl groups excluding tert-OH is 4. The molecule has 1 aromatic heterocycles. The number of likely N-dealkylation sites (tertiary alicyclic amines) is 1. The number of carbonyl (C=O) groups is 1. The maximum atomic E-state index is 10.5. The van der Waals surface area contributed by atoms with Gasteiger partial charge in [0.2, 0.25) is 12.2 Å². The first-order chi connectivity index (χ1) is 22.4. The summed E-state index contributed by atoms with van der Waals surface area (Å²) in [6.07, 6.45) is 4.60. The Balaban J connectivity index is 0.00000118. The predicted octanol–water partition coefficient (Wildman–Crippen LogP) is 3.08. The van der Waals surface area contributed by atoms with Crippen LogP contribution in [0, 0.1) is 12.3 Å². The van der Waals surface area contributed by atoms with Crippen LogP contribution >= 0.6 is 0 Å². The van der Waals surface area contributed by atoms with Gasteiger partial charge in [-0.05, 0) is 101 Å². The Labute approximate surface area is 279 Å². The van der Waals surface area contributed by atoms with Crippen LogP contribution in [-0.4, -0.2) is 111 Å². The SMILES string of the molecule is CC(C)=O.Cc1cc(/C=C/CCN2CCCC3(CCNCC3)C2)ccc1Cc1c(O[C@@H]2O[C@H](CO)[C@@H](O)[C@H](O)[C@H]2O)n[nH]c1C(C)C. The van der Waals surface area contributed by atoms with Crippen molar-refractivity contribution in [3.63, 3.8) is 0 Å². The number of aromatic nitrogens is 2. The van der Waals surface area contributed by atoms with Crippen molar-refractivity contribution in [2.45, 2.75) is 110 Å². The first-order valence-electron chi connectivity index (χ1n) is 17.1. The molecule has 2 aromatic rings. The van der Waals surface area contributed by atoms with Crippen LogP contribution in [0.25, 0.3) is 6.08 Å². The Kier molecular flexibility index (Phi) is 13.6. The molecular weight excluding hydrogens is 600 g/mol. The minimum absolute atomic E-state index is 0.140. The Hall–Kier alpha value is -2.64. The number of aromatic amines is 1. The maximum Gasteiger partial charge on any atom is 0.238 e. The number of nitrogens with one attached hydrogen (secondary N) is 2. The molecule has 3 saturated heterocycles. The second-order valence-electron chi connectivity index (χ2n) is 14.0. The van der Waals surface area contributed by atoms with E-state index >= 15 is 0 Å². The normalized spacial score (nSPS) is 26.4. The van der Waals surface area contributed by atoms with E-state index in [-0.39, 0.29) is 17.6 Å². The van der Waals surface area contributed by atoms with Gasteiger partial charge in [0, 0.05) is 30.8 Å². The number of ketones is 1. The number of aryl methyl sites for hydroxylation is 1. The van der Waals surface area contributed by atoms with Gasteiger partial charge < -0.3 is 44.9 Å². The van der Waals surface area contributed by atoms with Gasteiger partial charge in [-0.3, -0.25) is 5.10 Å². The highest BCUT2D eigenvalue weighted by Gasteiger charge is 2.45. The zero-order chi connectivity index (χ0) is 34.1. The number of rotatable bonds is 10. The van der Waals surface area contributed by atoms with Crippen molar-refractivity contribution >= 4 is 11.9 Å². The van der Waals surface area contributed by atoms with Crippen molar-refractivity contribution in [2.75, 3.05) is 39.3 Å². The Morgan fingerprint density at radius 1 is 1.15 bits per heavy atom. The van der Waals surface area contributed by atoms with E-state index in [9.17, 15) is 25.2 Å².